The summed E-state index contributed by atoms with van der Waals surface area (Å²) in [4.78, 5) is 32.3. The Kier molecular flexibility index (Phi) is 12.4. The van der Waals surface area contributed by atoms with Gasteiger partial charge in [0.25, 0.3) is 0 Å². The lowest BCUT2D eigenvalue weighted by Crippen LogP contribution is -2.49. The molecule has 0 saturated carbocycles. The molecule has 2 N–H and O–H groups in total. The van der Waals surface area contributed by atoms with E-state index < -0.39 is 0 Å². The summed E-state index contributed by atoms with van der Waals surface area (Å²) in [6.45, 7) is 12.8. The monoisotopic (exact) mass is 707 g/mol. The van der Waals surface area contributed by atoms with Crippen molar-refractivity contribution in [1.29, 1.82) is 0 Å². The molecule has 5 rings (SSSR count). The van der Waals surface area contributed by atoms with Crippen LogP contribution in [-0.4, -0.2) is 91.9 Å². The van der Waals surface area contributed by atoms with E-state index in [2.05, 4.69) is 41.1 Å². The van der Waals surface area contributed by atoms with Crippen LogP contribution in [0.4, 0.5) is 0 Å². The topological polar surface area (TPSA) is 123 Å². The number of aromatic nitrogens is 2. The van der Waals surface area contributed by atoms with Gasteiger partial charge < -0.3 is 24.8 Å². The van der Waals surface area contributed by atoms with Crippen LogP contribution in [-0.2, 0) is 20.8 Å². The van der Waals surface area contributed by atoms with Gasteiger partial charge in [0.2, 0.25) is 17.7 Å². The molecule has 2 saturated heterocycles. The van der Waals surface area contributed by atoms with E-state index in [1.807, 2.05) is 43.3 Å². The average Bonchev–Trinajstić information content (AvgIpc) is 3.52. The minimum Gasteiger partial charge on any atom is -0.480 e. The van der Waals surface area contributed by atoms with Crippen molar-refractivity contribution in [2.75, 3.05) is 40.5 Å². The van der Waals surface area contributed by atoms with Gasteiger partial charge in [-0.2, -0.15) is 0 Å². The summed E-state index contributed by atoms with van der Waals surface area (Å²) in [5, 5.41) is 7.21. The van der Waals surface area contributed by atoms with Crippen molar-refractivity contribution in [3.8, 4) is 28.3 Å². The van der Waals surface area contributed by atoms with Crippen molar-refractivity contribution in [2.24, 2.45) is 9.98 Å². The van der Waals surface area contributed by atoms with Crippen molar-refractivity contribution in [3.63, 3.8) is 0 Å². The quantitative estimate of drug-likeness (QED) is 0.166. The average molecular weight is 709 g/mol. The zero-order valence-corrected chi connectivity index (χ0v) is 30.1. The number of nitrogens with one attached hydrogen (secondary N) is 2. The maximum absolute atomic E-state index is 11.5. The Morgan fingerprint density at radius 1 is 1.10 bits per heavy atom. The molecule has 49 heavy (non-hydrogen) atoms. The number of carbonyl (C=O) groups is 1. The second-order valence-corrected chi connectivity index (χ2v) is 13.0. The smallest absolute Gasteiger partial charge is 0.237 e. The van der Waals surface area contributed by atoms with Crippen LogP contribution >= 0.6 is 23.2 Å². The van der Waals surface area contributed by atoms with Crippen LogP contribution in [0, 0.1) is 0 Å². The number of carbonyl (C=O) groups excluding carboxylic acids is 1. The predicted octanol–water partition coefficient (Wildman–Crippen LogP) is 5.93. The van der Waals surface area contributed by atoms with Gasteiger partial charge in [0, 0.05) is 66.4 Å². The predicted molar refractivity (Wildman–Crippen MR) is 195 cm³/mol. The van der Waals surface area contributed by atoms with Gasteiger partial charge in [-0.05, 0) is 33.9 Å². The number of halogens is 2. The highest BCUT2D eigenvalue weighted by Gasteiger charge is 2.27. The summed E-state index contributed by atoms with van der Waals surface area (Å²) in [6.07, 6.45) is 3.07. The van der Waals surface area contributed by atoms with E-state index in [-0.39, 0.29) is 24.0 Å². The van der Waals surface area contributed by atoms with E-state index >= 15 is 0 Å². The van der Waals surface area contributed by atoms with Crippen LogP contribution in [0.5, 0.6) is 5.88 Å². The van der Waals surface area contributed by atoms with Gasteiger partial charge in [-0.1, -0.05) is 59.6 Å². The number of hydrogen-bond acceptors (Lipinski definition) is 10. The Morgan fingerprint density at radius 3 is 2.45 bits per heavy atom. The number of nitrogens with zero attached hydrogens (tertiary/aromatic N) is 5. The molecule has 260 valence electrons. The van der Waals surface area contributed by atoms with Crippen molar-refractivity contribution in [2.45, 2.75) is 58.3 Å². The van der Waals surface area contributed by atoms with Gasteiger partial charge in [0.15, 0.2) is 0 Å². The largest absolute Gasteiger partial charge is 0.480 e. The third-order valence-electron chi connectivity index (χ3n) is 8.81. The van der Waals surface area contributed by atoms with E-state index in [1.165, 1.54) is 7.11 Å². The first-order valence-electron chi connectivity index (χ1n) is 16.3. The first-order valence-corrected chi connectivity index (χ1v) is 17.0. The molecule has 2 aliphatic heterocycles. The van der Waals surface area contributed by atoms with Gasteiger partial charge in [-0.3, -0.25) is 19.7 Å². The number of benzene rings is 2. The molecule has 2 aromatic carbocycles. The molecule has 0 radical (unpaired) electrons. The number of methoxy groups -OCH3 is 2. The maximum atomic E-state index is 11.5. The summed E-state index contributed by atoms with van der Waals surface area (Å²) in [5.41, 5.74) is 5.37. The highest BCUT2D eigenvalue weighted by atomic mass is 35.5. The number of rotatable bonds is 13. The molecule has 1 aromatic heterocycles. The molecular weight excluding hydrogens is 665 g/mol. The summed E-state index contributed by atoms with van der Waals surface area (Å²) in [6, 6.07) is 12.0. The van der Waals surface area contributed by atoms with Crippen molar-refractivity contribution in [1.82, 2.24) is 25.5 Å². The van der Waals surface area contributed by atoms with E-state index in [4.69, 9.17) is 52.4 Å². The summed E-state index contributed by atoms with van der Waals surface area (Å²) < 4.78 is 17.0. The normalized spacial score (nSPS) is 20.5. The Hall–Kier alpha value is -3.87. The summed E-state index contributed by atoms with van der Waals surface area (Å²) in [5.74, 6) is 0.833. The van der Waals surface area contributed by atoms with Gasteiger partial charge in [-0.15, -0.1) is 0 Å². The first kappa shape index (κ1) is 36.4. The highest BCUT2D eigenvalue weighted by Crippen LogP contribution is 2.40. The summed E-state index contributed by atoms with van der Waals surface area (Å²) >= 11 is 14.1. The number of amides is 1. The number of morpholine rings is 1. The second-order valence-electron chi connectivity index (χ2n) is 12.2. The number of aliphatic imine (C=N–C) groups is 2. The third-order valence-corrected chi connectivity index (χ3v) is 9.62. The van der Waals surface area contributed by atoms with Gasteiger partial charge in [-0.25, -0.2) is 9.98 Å². The maximum Gasteiger partial charge on any atom is 0.237 e. The zero-order chi connectivity index (χ0) is 35.1. The van der Waals surface area contributed by atoms with Crippen molar-refractivity contribution >= 4 is 41.5 Å². The standard InChI is InChI=1S/C36H43Cl2N7O4/c1-21-19-49-20-22(2)45(21)18-31-36(48-6)44-29(17-41-31)28-12-8-11-27(34(28)38)26-10-7-9-25(33(26)37)23(3)42-35(47-5)30(39-4)16-40-15-24-13-14-32(46)43-24/h7-12,17,21-22,24,40H,4,13-16,18-20H2,1-3,5-6H3,(H,43,46)/b35-30+,42-23+/t21-,22-,24-/m0/s1. The van der Waals surface area contributed by atoms with Crippen LogP contribution < -0.4 is 15.4 Å². The second kappa shape index (κ2) is 16.7. The molecule has 2 fully saturated rings. The molecule has 0 unspecified atom stereocenters. The van der Waals surface area contributed by atoms with Gasteiger partial charge in [0.1, 0.15) is 11.4 Å². The van der Waals surface area contributed by atoms with Gasteiger partial charge >= 0.3 is 0 Å². The van der Waals surface area contributed by atoms with Gasteiger partial charge in [0.05, 0.1) is 55.1 Å². The van der Waals surface area contributed by atoms with Crippen molar-refractivity contribution in [3.05, 3.63) is 75.5 Å². The lowest BCUT2D eigenvalue weighted by atomic mass is 9.98. The van der Waals surface area contributed by atoms with Crippen LogP contribution in [0.3, 0.4) is 0 Å². The molecule has 3 heterocycles. The van der Waals surface area contributed by atoms with Crippen LogP contribution in [0.15, 0.2) is 64.2 Å². The number of ether oxygens (including phenoxy) is 3. The Balaban J connectivity index is 1.40. The third kappa shape index (κ3) is 8.48. The van der Waals surface area contributed by atoms with Crippen molar-refractivity contribution < 1.29 is 19.0 Å². The molecule has 3 aromatic rings. The van der Waals surface area contributed by atoms with E-state index in [1.54, 1.807) is 13.3 Å². The molecule has 0 bridgehead atoms. The SMILES string of the molecule is C=N/C(CNC[C@@H]1CCC(=O)N1)=C(\N=C(/C)c1cccc(-c2cccc(-c3cnc(CN4[C@@H](C)COC[C@@H]4C)c(OC)n3)c2Cl)c1Cl)OC. The van der Waals surface area contributed by atoms with E-state index in [9.17, 15) is 4.79 Å². The van der Waals surface area contributed by atoms with Crippen LogP contribution in [0.25, 0.3) is 22.4 Å². The highest BCUT2D eigenvalue weighted by molar-refractivity contribution is 6.39. The fourth-order valence-electron chi connectivity index (χ4n) is 6.11. The van der Waals surface area contributed by atoms with Crippen LogP contribution in [0.2, 0.25) is 10.0 Å². The van der Waals surface area contributed by atoms with E-state index in [0.29, 0.717) is 89.3 Å². The molecule has 0 spiro atoms. The molecule has 3 atom stereocenters. The zero-order valence-electron chi connectivity index (χ0n) is 28.6. The molecular formula is C36H43Cl2N7O4. The molecule has 11 nitrogen and oxygen atoms in total. The Morgan fingerprint density at radius 2 is 1.80 bits per heavy atom. The molecule has 2 aliphatic rings. The first-order chi connectivity index (χ1) is 23.6. The molecule has 1 amide bonds. The molecule has 13 heteroatoms. The Bertz CT molecular complexity index is 1740. The fraction of sp³-hybridized carbons (Fsp3) is 0.417. The van der Waals surface area contributed by atoms with E-state index in [0.717, 1.165) is 23.2 Å². The van der Waals surface area contributed by atoms with Crippen LogP contribution in [0.1, 0.15) is 44.9 Å². The Labute approximate surface area is 297 Å². The lowest BCUT2D eigenvalue weighted by molar-refractivity contribution is -0.119. The molecule has 0 aliphatic carbocycles. The lowest BCUT2D eigenvalue weighted by Gasteiger charge is -2.38. The fourth-order valence-corrected chi connectivity index (χ4v) is 6.80. The minimum absolute atomic E-state index is 0.0708. The minimum atomic E-state index is 0.0708. The summed E-state index contributed by atoms with van der Waals surface area (Å²) in [7, 11) is 3.13. The number of hydrogen-bond donors (Lipinski definition) is 2.